The molecule has 1 fully saturated rings. The van der Waals surface area contributed by atoms with E-state index >= 15 is 0 Å². The number of halogens is 2. The molecule has 8 heteroatoms. The van der Waals surface area contributed by atoms with Crippen molar-refractivity contribution in [2.45, 2.75) is 45.8 Å². The van der Waals surface area contributed by atoms with Gasteiger partial charge in [0.15, 0.2) is 0 Å². The van der Waals surface area contributed by atoms with E-state index in [2.05, 4.69) is 29.6 Å². The molecule has 0 aromatic heterocycles. The first-order valence-corrected chi connectivity index (χ1v) is 14.0. The third-order valence-electron chi connectivity index (χ3n) is 7.08. The summed E-state index contributed by atoms with van der Waals surface area (Å²) in [6.45, 7) is 7.85. The van der Waals surface area contributed by atoms with E-state index in [-0.39, 0.29) is 25.2 Å². The molecule has 3 aromatic rings. The summed E-state index contributed by atoms with van der Waals surface area (Å²) in [5.41, 5.74) is 5.08. The average Bonchev–Trinajstić information content (AvgIpc) is 2.93. The molecule has 4 rings (SSSR count). The first kappa shape index (κ1) is 28.5. The maximum Gasteiger partial charge on any atom is 0.409 e. The van der Waals surface area contributed by atoms with Gasteiger partial charge in [-0.3, -0.25) is 0 Å². The van der Waals surface area contributed by atoms with E-state index < -0.39 is 0 Å². The number of benzene rings is 3. The molecule has 0 spiro atoms. The fraction of sp³-hybridized carbons (Fsp3) is 0.367. The van der Waals surface area contributed by atoms with Crippen LogP contribution in [0.5, 0.6) is 0 Å². The third-order valence-corrected chi connectivity index (χ3v) is 7.90. The van der Waals surface area contributed by atoms with Gasteiger partial charge in [-0.05, 0) is 73.4 Å². The summed E-state index contributed by atoms with van der Waals surface area (Å²) in [6, 6.07) is 22.7. The van der Waals surface area contributed by atoms with Crippen molar-refractivity contribution in [3.63, 3.8) is 0 Å². The monoisotopic (exact) mass is 552 g/mol. The Kier molecular flexibility index (Phi) is 10.1. The smallest absolute Gasteiger partial charge is 0.409 e. The van der Waals surface area contributed by atoms with Gasteiger partial charge in [-0.1, -0.05) is 77.8 Å². The SMILES string of the molecule is CCOC(=O)N1CCC(NCC(OB(c2ccc(C)c(Cl)c2)c2ccc(C)c(Cl)c2)c2ccccc2)CC1. The van der Waals surface area contributed by atoms with Gasteiger partial charge in [-0.2, -0.15) is 0 Å². The second-order valence-corrected chi connectivity index (χ2v) is 10.6. The van der Waals surface area contributed by atoms with Crippen molar-refractivity contribution in [2.75, 3.05) is 26.2 Å². The lowest BCUT2D eigenvalue weighted by atomic mass is 9.55. The number of nitrogens with zero attached hydrogens (tertiary/aromatic N) is 1. The summed E-state index contributed by atoms with van der Waals surface area (Å²) in [5.74, 6) is 0. The molecule has 1 N–H and O–H groups in total. The van der Waals surface area contributed by atoms with E-state index in [1.54, 1.807) is 4.90 Å². The molecule has 1 aliphatic heterocycles. The molecule has 200 valence electrons. The maximum atomic E-state index is 12.1. The van der Waals surface area contributed by atoms with Gasteiger partial charge < -0.3 is 19.6 Å². The minimum atomic E-state index is -0.358. The largest absolute Gasteiger partial charge is 0.450 e. The van der Waals surface area contributed by atoms with Gasteiger partial charge in [-0.15, -0.1) is 0 Å². The number of ether oxygens (including phenoxy) is 1. The van der Waals surface area contributed by atoms with Crippen LogP contribution >= 0.6 is 23.2 Å². The van der Waals surface area contributed by atoms with Crippen molar-refractivity contribution in [1.82, 2.24) is 10.2 Å². The van der Waals surface area contributed by atoms with Gasteiger partial charge in [0.25, 0.3) is 0 Å². The lowest BCUT2D eigenvalue weighted by Crippen LogP contribution is -2.49. The number of carbonyl (C=O) groups excluding carboxylic acids is 1. The molecule has 3 aromatic carbocycles. The van der Waals surface area contributed by atoms with Crippen LogP contribution in [0.2, 0.25) is 10.0 Å². The second kappa shape index (κ2) is 13.5. The quantitative estimate of drug-likeness (QED) is 0.347. The summed E-state index contributed by atoms with van der Waals surface area (Å²) < 4.78 is 12.1. The fourth-order valence-corrected chi connectivity index (χ4v) is 5.10. The molecule has 0 aliphatic carbocycles. The van der Waals surface area contributed by atoms with Crippen molar-refractivity contribution in [1.29, 1.82) is 0 Å². The van der Waals surface area contributed by atoms with E-state index in [9.17, 15) is 4.79 Å². The Labute approximate surface area is 236 Å². The average molecular weight is 553 g/mol. The van der Waals surface area contributed by atoms with Gasteiger partial charge >= 0.3 is 13.0 Å². The Morgan fingerprint density at radius 2 is 1.55 bits per heavy atom. The number of carbonyl (C=O) groups is 1. The van der Waals surface area contributed by atoms with Crippen LogP contribution in [0, 0.1) is 13.8 Å². The standard InChI is InChI=1S/C30H35BCl2N2O3/c1-4-37-30(36)35-16-14-26(15-17-35)34-20-29(23-8-6-5-7-9-23)38-31(24-12-10-21(2)27(32)18-24)25-13-11-22(3)28(33)19-25/h5-13,18-19,26,29,34H,4,14-17,20H2,1-3H3. The molecule has 1 unspecified atom stereocenters. The number of hydrogen-bond donors (Lipinski definition) is 1. The van der Waals surface area contributed by atoms with Crippen molar-refractivity contribution in [3.8, 4) is 0 Å². The van der Waals surface area contributed by atoms with Crippen molar-refractivity contribution < 1.29 is 14.2 Å². The van der Waals surface area contributed by atoms with Gasteiger partial charge in [0.05, 0.1) is 12.7 Å². The predicted molar refractivity (Wildman–Crippen MR) is 157 cm³/mol. The van der Waals surface area contributed by atoms with Gasteiger partial charge in [-0.25, -0.2) is 4.79 Å². The molecular weight excluding hydrogens is 518 g/mol. The van der Waals surface area contributed by atoms with Crippen molar-refractivity contribution in [3.05, 3.63) is 93.5 Å². The molecule has 0 saturated carbocycles. The summed E-state index contributed by atoms with van der Waals surface area (Å²) in [4.78, 5) is 13.9. The van der Waals surface area contributed by atoms with E-state index in [0.29, 0.717) is 36.3 Å². The number of likely N-dealkylation sites (tertiary alicyclic amines) is 1. The molecule has 1 aliphatic rings. The van der Waals surface area contributed by atoms with Crippen LogP contribution in [0.15, 0.2) is 66.7 Å². The van der Waals surface area contributed by atoms with Crippen LogP contribution in [-0.4, -0.2) is 50.2 Å². The van der Waals surface area contributed by atoms with Crippen LogP contribution in [0.25, 0.3) is 0 Å². The molecule has 0 radical (unpaired) electrons. The molecular formula is C30H35BCl2N2O3. The number of nitrogens with one attached hydrogen (secondary N) is 1. The zero-order valence-electron chi connectivity index (χ0n) is 22.3. The minimum absolute atomic E-state index is 0.218. The van der Waals surface area contributed by atoms with E-state index in [0.717, 1.165) is 40.5 Å². The summed E-state index contributed by atoms with van der Waals surface area (Å²) in [7, 11) is 0. The van der Waals surface area contributed by atoms with Crippen molar-refractivity contribution in [2.24, 2.45) is 0 Å². The minimum Gasteiger partial charge on any atom is -0.450 e. The fourth-order valence-electron chi connectivity index (χ4n) is 4.73. The number of piperidine rings is 1. The molecule has 5 nitrogen and oxygen atoms in total. The predicted octanol–water partition coefficient (Wildman–Crippen LogP) is 5.68. The van der Waals surface area contributed by atoms with Crippen molar-refractivity contribution >= 4 is 47.1 Å². The van der Waals surface area contributed by atoms with E-state index in [1.165, 1.54) is 0 Å². The highest BCUT2D eigenvalue weighted by Crippen LogP contribution is 2.22. The molecule has 1 atom stereocenters. The molecule has 1 heterocycles. The Bertz CT molecular complexity index is 1170. The second-order valence-electron chi connectivity index (χ2n) is 9.80. The Morgan fingerprint density at radius 3 is 2.08 bits per heavy atom. The third kappa shape index (κ3) is 7.32. The summed E-state index contributed by atoms with van der Waals surface area (Å²) in [6.07, 6.45) is 1.28. The number of rotatable bonds is 9. The van der Waals surface area contributed by atoms with Crippen LogP contribution in [0.3, 0.4) is 0 Å². The Morgan fingerprint density at radius 1 is 0.974 bits per heavy atom. The zero-order chi connectivity index (χ0) is 27.1. The number of hydrogen-bond acceptors (Lipinski definition) is 4. The topological polar surface area (TPSA) is 50.8 Å². The Hall–Kier alpha value is -2.51. The van der Waals surface area contributed by atoms with Crippen LogP contribution < -0.4 is 16.2 Å². The highest BCUT2D eigenvalue weighted by atomic mass is 35.5. The lowest BCUT2D eigenvalue weighted by Gasteiger charge is -2.33. The van der Waals surface area contributed by atoms with Crippen LogP contribution in [-0.2, 0) is 9.39 Å². The normalized spacial score (nSPS) is 14.8. The zero-order valence-corrected chi connectivity index (χ0v) is 23.8. The van der Waals surface area contributed by atoms with E-state index in [4.69, 9.17) is 32.6 Å². The van der Waals surface area contributed by atoms with Gasteiger partial charge in [0.1, 0.15) is 0 Å². The first-order chi connectivity index (χ1) is 18.4. The highest BCUT2D eigenvalue weighted by Gasteiger charge is 2.29. The molecule has 0 bridgehead atoms. The Balaban J connectivity index is 1.55. The molecule has 1 amide bonds. The summed E-state index contributed by atoms with van der Waals surface area (Å²) >= 11 is 13.1. The van der Waals surface area contributed by atoms with Gasteiger partial charge in [0, 0.05) is 35.7 Å². The number of amides is 1. The highest BCUT2D eigenvalue weighted by molar-refractivity contribution is 6.80. The van der Waals surface area contributed by atoms with Crippen LogP contribution in [0.4, 0.5) is 4.79 Å². The first-order valence-electron chi connectivity index (χ1n) is 13.2. The summed E-state index contributed by atoms with van der Waals surface area (Å²) in [5, 5.41) is 5.12. The van der Waals surface area contributed by atoms with E-state index in [1.807, 2.05) is 63.2 Å². The molecule has 1 saturated heterocycles. The number of aryl methyl sites for hydroxylation is 2. The maximum absolute atomic E-state index is 12.1. The van der Waals surface area contributed by atoms with Crippen LogP contribution in [0.1, 0.15) is 42.6 Å². The van der Waals surface area contributed by atoms with Gasteiger partial charge in [0.2, 0.25) is 0 Å². The lowest BCUT2D eigenvalue weighted by molar-refractivity contribution is 0.0936. The molecule has 38 heavy (non-hydrogen) atoms.